The third-order valence-corrected chi connectivity index (χ3v) is 7.71. The van der Waals surface area contributed by atoms with Crippen LogP contribution in [0.1, 0.15) is 62.2 Å². The minimum Gasteiger partial charge on any atom is -0.465 e. The Kier molecular flexibility index (Phi) is 9.68. The van der Waals surface area contributed by atoms with Gasteiger partial charge in [0.15, 0.2) is 4.34 Å². The molecule has 1 aliphatic carbocycles. The number of carbonyl (C=O) groups excluding carboxylic acids is 3. The van der Waals surface area contributed by atoms with E-state index in [-0.39, 0.29) is 23.5 Å². The normalized spacial score (nSPS) is 17.9. The van der Waals surface area contributed by atoms with Gasteiger partial charge in [-0.05, 0) is 55.9 Å². The Morgan fingerprint density at radius 1 is 1.09 bits per heavy atom. The summed E-state index contributed by atoms with van der Waals surface area (Å²) in [5.74, 6) is 0.344. The zero-order valence-corrected chi connectivity index (χ0v) is 20.6. The number of rotatable bonds is 10. The van der Waals surface area contributed by atoms with Gasteiger partial charge in [0, 0.05) is 11.6 Å². The SMILES string of the molecule is CCCCC1CCC(C(=O)Nc2nnc(SCC(=O)Nc3ccc(C(=O)OC)cc3)s2)CC1. The molecular formula is C23H30N4O4S2. The second kappa shape index (κ2) is 12.7. The second-order valence-corrected chi connectivity index (χ2v) is 10.3. The van der Waals surface area contributed by atoms with Crippen molar-refractivity contribution in [2.75, 3.05) is 23.5 Å². The molecule has 0 saturated heterocycles. The molecular weight excluding hydrogens is 460 g/mol. The summed E-state index contributed by atoms with van der Waals surface area (Å²) in [4.78, 5) is 36.2. The summed E-state index contributed by atoms with van der Waals surface area (Å²) in [6.07, 6.45) is 7.87. The van der Waals surface area contributed by atoms with Crippen LogP contribution in [0.15, 0.2) is 28.6 Å². The molecule has 10 heteroatoms. The van der Waals surface area contributed by atoms with Crippen molar-refractivity contribution < 1.29 is 19.1 Å². The molecule has 0 radical (unpaired) electrons. The Hall–Kier alpha value is -2.46. The van der Waals surface area contributed by atoms with Crippen LogP contribution in [0.2, 0.25) is 0 Å². The number of carbonyl (C=O) groups is 3. The molecule has 1 aromatic heterocycles. The zero-order chi connectivity index (χ0) is 23.6. The van der Waals surface area contributed by atoms with E-state index in [0.29, 0.717) is 20.7 Å². The van der Waals surface area contributed by atoms with Crippen molar-refractivity contribution in [2.24, 2.45) is 11.8 Å². The molecule has 178 valence electrons. The number of nitrogens with one attached hydrogen (secondary N) is 2. The van der Waals surface area contributed by atoms with Crippen LogP contribution < -0.4 is 10.6 Å². The number of aromatic nitrogens is 2. The maximum absolute atomic E-state index is 12.6. The highest BCUT2D eigenvalue weighted by Crippen LogP contribution is 2.33. The Balaban J connectivity index is 1.40. The molecule has 1 saturated carbocycles. The first-order valence-corrected chi connectivity index (χ1v) is 13.0. The van der Waals surface area contributed by atoms with Crippen LogP contribution in [-0.2, 0) is 14.3 Å². The number of amides is 2. The molecule has 0 spiro atoms. The van der Waals surface area contributed by atoms with Crippen molar-refractivity contribution in [1.82, 2.24) is 10.2 Å². The van der Waals surface area contributed by atoms with Gasteiger partial charge in [0.1, 0.15) is 0 Å². The number of hydrogen-bond donors (Lipinski definition) is 2. The standard InChI is InChI=1S/C23H30N4O4S2/c1-3-4-5-15-6-8-16(9-7-15)20(29)25-22-26-27-23(33-22)32-14-19(28)24-18-12-10-17(11-13-18)21(30)31-2/h10-13,15-16H,3-9,14H2,1-2H3,(H,24,28)(H,25,26,29). The van der Waals surface area contributed by atoms with E-state index in [2.05, 4.69) is 32.5 Å². The Labute approximate surface area is 202 Å². The molecule has 1 heterocycles. The van der Waals surface area contributed by atoms with Gasteiger partial charge in [-0.3, -0.25) is 9.59 Å². The average Bonchev–Trinajstić information content (AvgIpc) is 3.29. The van der Waals surface area contributed by atoms with Gasteiger partial charge in [-0.25, -0.2) is 4.79 Å². The predicted molar refractivity (Wildman–Crippen MR) is 131 cm³/mol. The van der Waals surface area contributed by atoms with Crippen LogP contribution in [0.5, 0.6) is 0 Å². The molecule has 3 rings (SSSR count). The summed E-state index contributed by atoms with van der Waals surface area (Å²) >= 11 is 2.53. The number of unbranched alkanes of at least 4 members (excludes halogenated alkanes) is 1. The number of esters is 1. The lowest BCUT2D eigenvalue weighted by atomic mass is 9.79. The Morgan fingerprint density at radius 3 is 2.48 bits per heavy atom. The van der Waals surface area contributed by atoms with Gasteiger partial charge < -0.3 is 15.4 Å². The molecule has 0 aliphatic heterocycles. The van der Waals surface area contributed by atoms with Crippen LogP contribution in [0.3, 0.4) is 0 Å². The molecule has 8 nitrogen and oxygen atoms in total. The minimum absolute atomic E-state index is 0.0183. The monoisotopic (exact) mass is 490 g/mol. The maximum atomic E-state index is 12.6. The smallest absolute Gasteiger partial charge is 0.337 e. The van der Waals surface area contributed by atoms with Crippen molar-refractivity contribution in [3.05, 3.63) is 29.8 Å². The highest BCUT2D eigenvalue weighted by molar-refractivity contribution is 8.01. The third kappa shape index (κ3) is 7.82. The van der Waals surface area contributed by atoms with Crippen LogP contribution in [0.4, 0.5) is 10.8 Å². The number of benzene rings is 1. The average molecular weight is 491 g/mol. The van der Waals surface area contributed by atoms with E-state index in [1.54, 1.807) is 24.3 Å². The second-order valence-electron chi connectivity index (χ2n) is 8.13. The molecule has 0 bridgehead atoms. The maximum Gasteiger partial charge on any atom is 0.337 e. The lowest BCUT2D eigenvalue weighted by molar-refractivity contribution is -0.121. The van der Waals surface area contributed by atoms with Crippen LogP contribution in [0, 0.1) is 11.8 Å². The van der Waals surface area contributed by atoms with Crippen molar-refractivity contribution in [3.63, 3.8) is 0 Å². The Bertz CT molecular complexity index is 940. The molecule has 0 atom stereocenters. The van der Waals surface area contributed by atoms with E-state index in [1.807, 2.05) is 0 Å². The molecule has 2 aromatic rings. The number of ether oxygens (including phenoxy) is 1. The number of nitrogens with zero attached hydrogens (tertiary/aromatic N) is 2. The van der Waals surface area contributed by atoms with E-state index < -0.39 is 5.97 Å². The van der Waals surface area contributed by atoms with E-state index in [1.165, 1.54) is 49.5 Å². The fraction of sp³-hybridized carbons (Fsp3) is 0.522. The number of anilines is 2. The summed E-state index contributed by atoms with van der Waals surface area (Å²) in [7, 11) is 1.32. The first kappa shape index (κ1) is 25.2. The molecule has 1 aromatic carbocycles. The van der Waals surface area contributed by atoms with Crippen molar-refractivity contribution >= 4 is 51.7 Å². The van der Waals surface area contributed by atoms with Crippen molar-refractivity contribution in [2.45, 2.75) is 56.2 Å². The summed E-state index contributed by atoms with van der Waals surface area (Å²) in [5, 5.41) is 14.2. The van der Waals surface area contributed by atoms with Crippen LogP contribution in [0.25, 0.3) is 0 Å². The minimum atomic E-state index is -0.428. The van der Waals surface area contributed by atoms with E-state index in [9.17, 15) is 14.4 Å². The first-order valence-electron chi connectivity index (χ1n) is 11.2. The quantitative estimate of drug-likeness (QED) is 0.274. The number of methoxy groups -OCH3 is 1. The Morgan fingerprint density at radius 2 is 1.82 bits per heavy atom. The molecule has 2 amide bonds. The number of hydrogen-bond acceptors (Lipinski definition) is 8. The summed E-state index contributed by atoms with van der Waals surface area (Å²) in [6, 6.07) is 6.47. The molecule has 2 N–H and O–H groups in total. The third-order valence-electron chi connectivity index (χ3n) is 5.74. The van der Waals surface area contributed by atoms with Gasteiger partial charge >= 0.3 is 5.97 Å². The fourth-order valence-electron chi connectivity index (χ4n) is 3.86. The van der Waals surface area contributed by atoms with Gasteiger partial charge in [-0.1, -0.05) is 49.3 Å². The summed E-state index contributed by atoms with van der Waals surface area (Å²) in [5.41, 5.74) is 1.00. The van der Waals surface area contributed by atoms with Gasteiger partial charge in [0.25, 0.3) is 0 Å². The first-order chi connectivity index (χ1) is 16.0. The largest absolute Gasteiger partial charge is 0.465 e. The molecule has 1 fully saturated rings. The highest BCUT2D eigenvalue weighted by atomic mass is 32.2. The van der Waals surface area contributed by atoms with Gasteiger partial charge in [-0.2, -0.15) is 0 Å². The van der Waals surface area contributed by atoms with E-state index in [4.69, 9.17) is 0 Å². The van der Waals surface area contributed by atoms with Crippen LogP contribution in [-0.4, -0.2) is 40.8 Å². The zero-order valence-electron chi connectivity index (χ0n) is 19.0. The molecule has 33 heavy (non-hydrogen) atoms. The lowest BCUT2D eigenvalue weighted by Gasteiger charge is -2.27. The van der Waals surface area contributed by atoms with E-state index in [0.717, 1.165) is 31.6 Å². The fourth-order valence-corrected chi connectivity index (χ4v) is 5.42. The topological polar surface area (TPSA) is 110 Å². The molecule has 1 aliphatic rings. The van der Waals surface area contributed by atoms with Crippen molar-refractivity contribution in [1.29, 1.82) is 0 Å². The number of thioether (sulfide) groups is 1. The van der Waals surface area contributed by atoms with Crippen molar-refractivity contribution in [3.8, 4) is 0 Å². The summed E-state index contributed by atoms with van der Waals surface area (Å²) in [6.45, 7) is 2.21. The summed E-state index contributed by atoms with van der Waals surface area (Å²) < 4.78 is 5.27. The molecule has 0 unspecified atom stereocenters. The van der Waals surface area contributed by atoms with Gasteiger partial charge in [-0.15, -0.1) is 10.2 Å². The highest BCUT2D eigenvalue weighted by Gasteiger charge is 2.26. The predicted octanol–water partition coefficient (Wildman–Crippen LogP) is 4.99. The van der Waals surface area contributed by atoms with Gasteiger partial charge in [0.2, 0.25) is 16.9 Å². The van der Waals surface area contributed by atoms with E-state index >= 15 is 0 Å². The van der Waals surface area contributed by atoms with Crippen LogP contribution >= 0.6 is 23.1 Å². The lowest BCUT2D eigenvalue weighted by Crippen LogP contribution is -2.27. The van der Waals surface area contributed by atoms with Gasteiger partial charge in [0.05, 0.1) is 18.4 Å².